The topological polar surface area (TPSA) is 92.9 Å². The van der Waals surface area contributed by atoms with Gasteiger partial charge in [-0.15, -0.1) is 0 Å². The van der Waals surface area contributed by atoms with Gasteiger partial charge in [0.15, 0.2) is 0 Å². The van der Waals surface area contributed by atoms with Crippen LogP contribution in [-0.2, 0) is 0 Å². The van der Waals surface area contributed by atoms with Crippen molar-refractivity contribution < 1.29 is 4.79 Å². The predicted molar refractivity (Wildman–Crippen MR) is 115 cm³/mol. The smallest absolute Gasteiger partial charge is 0.250 e. The van der Waals surface area contributed by atoms with Crippen LogP contribution in [0.15, 0.2) is 67.0 Å². The lowest BCUT2D eigenvalue weighted by Crippen LogP contribution is -2.27. The van der Waals surface area contributed by atoms with Crippen molar-refractivity contribution in [1.29, 1.82) is 0 Å². The molecule has 0 radical (unpaired) electrons. The van der Waals surface area contributed by atoms with Crippen LogP contribution >= 0.6 is 0 Å². The number of rotatable bonds is 4. The molecule has 1 aromatic heterocycles. The van der Waals surface area contributed by atoms with Gasteiger partial charge in [0.2, 0.25) is 0 Å². The summed E-state index contributed by atoms with van der Waals surface area (Å²) in [5, 5.41) is 10.4. The number of hydrogen-bond acceptors (Lipinski definition) is 5. The Hall–Kier alpha value is -3.51. The molecule has 0 aliphatic carbocycles. The molecule has 1 aliphatic heterocycles. The van der Waals surface area contributed by atoms with Gasteiger partial charge in [-0.1, -0.05) is 48.5 Å². The maximum atomic E-state index is 11.7. The highest BCUT2D eigenvalue weighted by atomic mass is 16.1. The summed E-state index contributed by atoms with van der Waals surface area (Å²) in [5.74, 6) is 0.540. The predicted octanol–water partition coefficient (Wildman–Crippen LogP) is 3.05. The fourth-order valence-corrected chi connectivity index (χ4v) is 4.20. The first-order chi connectivity index (χ1) is 14.2. The molecule has 1 saturated heterocycles. The molecule has 1 fully saturated rings. The fraction of sp³-hybridized carbons (Fsp3) is 0.174. The van der Waals surface area contributed by atoms with Gasteiger partial charge in [-0.25, -0.2) is 9.97 Å². The third kappa shape index (κ3) is 3.17. The molecule has 4 aromatic rings. The second-order valence-corrected chi connectivity index (χ2v) is 7.41. The second kappa shape index (κ2) is 7.14. The molecule has 3 aromatic carbocycles. The van der Waals surface area contributed by atoms with Crippen LogP contribution in [0.4, 0.5) is 5.82 Å². The summed E-state index contributed by atoms with van der Waals surface area (Å²) in [5.41, 5.74) is 7.78. The second-order valence-electron chi connectivity index (χ2n) is 7.41. The van der Waals surface area contributed by atoms with Crippen LogP contribution in [0.2, 0.25) is 0 Å². The normalized spacial score (nSPS) is 18.9. The van der Waals surface area contributed by atoms with Crippen molar-refractivity contribution >= 4 is 33.4 Å². The van der Waals surface area contributed by atoms with Crippen molar-refractivity contribution in [3.63, 3.8) is 0 Å². The molecule has 0 bridgehead atoms. The minimum Gasteiger partial charge on any atom is -0.366 e. The molecule has 1 aliphatic rings. The monoisotopic (exact) mass is 383 g/mol. The van der Waals surface area contributed by atoms with Crippen molar-refractivity contribution in [2.45, 2.75) is 12.0 Å². The molecule has 1 amide bonds. The van der Waals surface area contributed by atoms with Crippen LogP contribution in [0.3, 0.4) is 0 Å². The van der Waals surface area contributed by atoms with Gasteiger partial charge in [-0.05, 0) is 28.5 Å². The third-order valence-electron chi connectivity index (χ3n) is 5.67. The minimum atomic E-state index is -0.489. The number of aromatic nitrogens is 2. The molecule has 2 atom stereocenters. The van der Waals surface area contributed by atoms with Crippen LogP contribution in [0.1, 0.15) is 21.8 Å². The number of nitrogens with one attached hydrogen (secondary N) is 2. The number of nitrogens with zero attached hydrogens (tertiary/aromatic N) is 2. The van der Waals surface area contributed by atoms with E-state index in [2.05, 4.69) is 63.1 Å². The van der Waals surface area contributed by atoms with Gasteiger partial charge in [-0.3, -0.25) is 4.79 Å². The van der Waals surface area contributed by atoms with Gasteiger partial charge < -0.3 is 16.4 Å². The Kier molecular flexibility index (Phi) is 4.33. The highest BCUT2D eigenvalue weighted by Crippen LogP contribution is 2.30. The first-order valence-electron chi connectivity index (χ1n) is 9.70. The minimum absolute atomic E-state index is 0.173. The zero-order valence-electron chi connectivity index (χ0n) is 15.8. The summed E-state index contributed by atoms with van der Waals surface area (Å²) in [4.78, 5) is 20.5. The maximum absolute atomic E-state index is 11.7. The largest absolute Gasteiger partial charge is 0.366 e. The summed E-state index contributed by atoms with van der Waals surface area (Å²) in [6.07, 6.45) is 1.48. The highest BCUT2D eigenvalue weighted by Gasteiger charge is 2.29. The summed E-state index contributed by atoms with van der Waals surface area (Å²) in [6.45, 7) is 1.73. The lowest BCUT2D eigenvalue weighted by molar-refractivity contribution is 0.100. The SMILES string of the molecule is NC(=O)c1cccc2c(NC3CNC[C@@H]3c3ccc4ccccc4c3)ncnc12. The Bertz CT molecular complexity index is 1220. The van der Waals surface area contributed by atoms with E-state index < -0.39 is 5.91 Å². The van der Waals surface area contributed by atoms with Crippen LogP contribution < -0.4 is 16.4 Å². The van der Waals surface area contributed by atoms with Crippen molar-refractivity contribution in [2.24, 2.45) is 5.73 Å². The van der Waals surface area contributed by atoms with Gasteiger partial charge in [-0.2, -0.15) is 0 Å². The van der Waals surface area contributed by atoms with E-state index in [-0.39, 0.29) is 6.04 Å². The van der Waals surface area contributed by atoms with E-state index >= 15 is 0 Å². The average molecular weight is 383 g/mol. The van der Waals surface area contributed by atoms with Crippen molar-refractivity contribution in [1.82, 2.24) is 15.3 Å². The van der Waals surface area contributed by atoms with E-state index in [1.807, 2.05) is 12.1 Å². The van der Waals surface area contributed by atoms with E-state index in [1.165, 1.54) is 22.7 Å². The number of hydrogen-bond donors (Lipinski definition) is 3. The fourth-order valence-electron chi connectivity index (χ4n) is 4.20. The van der Waals surface area contributed by atoms with E-state index in [9.17, 15) is 4.79 Å². The van der Waals surface area contributed by atoms with Gasteiger partial charge in [0, 0.05) is 30.4 Å². The first-order valence-corrected chi connectivity index (χ1v) is 9.70. The molecule has 6 heteroatoms. The Morgan fingerprint density at radius 2 is 1.86 bits per heavy atom. The van der Waals surface area contributed by atoms with Crippen molar-refractivity contribution in [3.8, 4) is 0 Å². The molecule has 6 nitrogen and oxygen atoms in total. The van der Waals surface area contributed by atoms with Crippen LogP contribution in [0, 0.1) is 0 Å². The number of carbonyl (C=O) groups is 1. The third-order valence-corrected chi connectivity index (χ3v) is 5.67. The quantitative estimate of drug-likeness (QED) is 0.504. The van der Waals surface area contributed by atoms with Gasteiger partial charge >= 0.3 is 0 Å². The van der Waals surface area contributed by atoms with Gasteiger partial charge in [0.1, 0.15) is 12.1 Å². The summed E-state index contributed by atoms with van der Waals surface area (Å²) < 4.78 is 0. The Balaban J connectivity index is 1.49. The Morgan fingerprint density at radius 1 is 1.00 bits per heavy atom. The molecule has 0 saturated carbocycles. The van der Waals surface area contributed by atoms with Crippen molar-refractivity contribution in [3.05, 3.63) is 78.1 Å². The van der Waals surface area contributed by atoms with Gasteiger partial charge in [0.25, 0.3) is 5.91 Å². The molecule has 1 unspecified atom stereocenters. The number of anilines is 1. The standard InChI is InChI=1S/C23H21N5O/c24-22(29)17-6-3-7-18-21(17)26-13-27-23(18)28-20-12-25-11-19(20)16-9-8-14-4-1-2-5-15(14)10-16/h1-10,13,19-20,25H,11-12H2,(H2,24,29)(H,26,27,28)/t19-,20?/m1/s1. The zero-order valence-corrected chi connectivity index (χ0v) is 15.8. The highest BCUT2D eigenvalue weighted by molar-refractivity contribution is 6.06. The Labute approximate surface area is 168 Å². The average Bonchev–Trinajstić information content (AvgIpc) is 3.21. The molecule has 29 heavy (non-hydrogen) atoms. The number of amides is 1. The van der Waals surface area contributed by atoms with E-state index in [1.54, 1.807) is 6.07 Å². The molecule has 5 rings (SSSR count). The molecular formula is C23H21N5O. The summed E-state index contributed by atoms with van der Waals surface area (Å²) >= 11 is 0. The Morgan fingerprint density at radius 3 is 2.72 bits per heavy atom. The number of primary amides is 1. The van der Waals surface area contributed by atoms with E-state index in [0.717, 1.165) is 24.3 Å². The zero-order chi connectivity index (χ0) is 19.8. The van der Waals surface area contributed by atoms with E-state index in [4.69, 9.17) is 5.73 Å². The molecule has 4 N–H and O–H groups in total. The number of fused-ring (bicyclic) bond motifs is 2. The molecule has 0 spiro atoms. The van der Waals surface area contributed by atoms with Crippen LogP contribution in [0.25, 0.3) is 21.7 Å². The van der Waals surface area contributed by atoms with Crippen LogP contribution in [-0.4, -0.2) is 35.0 Å². The summed E-state index contributed by atoms with van der Waals surface area (Å²) in [6, 6.07) is 20.6. The van der Waals surface area contributed by atoms with Gasteiger partial charge in [0.05, 0.1) is 11.1 Å². The maximum Gasteiger partial charge on any atom is 0.250 e. The molecular weight excluding hydrogens is 362 g/mol. The van der Waals surface area contributed by atoms with E-state index in [0.29, 0.717) is 17.0 Å². The first kappa shape index (κ1) is 17.6. The number of para-hydroxylation sites is 1. The van der Waals surface area contributed by atoms with Crippen LogP contribution in [0.5, 0.6) is 0 Å². The molecule has 144 valence electrons. The number of nitrogens with two attached hydrogens (primary N) is 1. The number of benzene rings is 3. The lowest BCUT2D eigenvalue weighted by atomic mass is 9.92. The molecule has 2 heterocycles. The number of carbonyl (C=O) groups excluding carboxylic acids is 1. The lowest BCUT2D eigenvalue weighted by Gasteiger charge is -2.22. The summed E-state index contributed by atoms with van der Waals surface area (Å²) in [7, 11) is 0. The van der Waals surface area contributed by atoms with Crippen molar-refractivity contribution in [2.75, 3.05) is 18.4 Å².